The number of aliphatic imine (C=N–C) groups is 1. The highest BCUT2D eigenvalue weighted by atomic mass is 35.5. The normalized spacial score (nSPS) is 16.8. The molecule has 0 N–H and O–H groups in total. The number of rotatable bonds is 4. The molecule has 0 radical (unpaired) electrons. The number of nitrogens with zero attached hydrogens (tertiary/aromatic N) is 2. The Morgan fingerprint density at radius 1 is 1.07 bits per heavy atom. The monoisotopic (exact) mass is 472 g/mol. The summed E-state index contributed by atoms with van der Waals surface area (Å²) in [7, 11) is 0. The lowest BCUT2D eigenvalue weighted by Crippen LogP contribution is -2.28. The number of carbonyl (C=O) groups is 1. The van der Waals surface area contributed by atoms with Crippen molar-refractivity contribution in [1.29, 1.82) is 0 Å². The molecule has 1 amide bonds. The van der Waals surface area contributed by atoms with E-state index in [0.29, 0.717) is 26.7 Å². The second-order valence-corrected chi connectivity index (χ2v) is 9.79. The number of thioether (sulfide) groups is 1. The molecule has 152 valence electrons. The summed E-state index contributed by atoms with van der Waals surface area (Å²) in [6.07, 6.45) is 1.84. The van der Waals surface area contributed by atoms with Gasteiger partial charge in [-0.05, 0) is 78.0 Å². The van der Waals surface area contributed by atoms with E-state index in [2.05, 4.69) is 6.07 Å². The van der Waals surface area contributed by atoms with Gasteiger partial charge in [0.1, 0.15) is 0 Å². The van der Waals surface area contributed by atoms with Gasteiger partial charge in [0.25, 0.3) is 5.91 Å². The van der Waals surface area contributed by atoms with Crippen molar-refractivity contribution in [3.63, 3.8) is 0 Å². The summed E-state index contributed by atoms with van der Waals surface area (Å²) < 4.78 is 0. The summed E-state index contributed by atoms with van der Waals surface area (Å²) in [5.74, 6) is -0.0662. The fraction of sp³-hybridized carbons (Fsp3) is 0.130. The van der Waals surface area contributed by atoms with Crippen molar-refractivity contribution in [2.24, 2.45) is 4.99 Å². The average Bonchev–Trinajstić information content (AvgIpc) is 3.32. The zero-order chi connectivity index (χ0) is 21.3. The smallest absolute Gasteiger partial charge is 0.267 e. The minimum Gasteiger partial charge on any atom is -0.281 e. The van der Waals surface area contributed by atoms with Crippen molar-refractivity contribution in [3.8, 4) is 0 Å². The van der Waals surface area contributed by atoms with Crippen LogP contribution in [0.4, 0.5) is 5.69 Å². The molecule has 0 aliphatic carbocycles. The van der Waals surface area contributed by atoms with Gasteiger partial charge in [-0.2, -0.15) is 0 Å². The summed E-state index contributed by atoms with van der Waals surface area (Å²) in [6, 6.07) is 15.5. The van der Waals surface area contributed by atoms with Crippen molar-refractivity contribution >= 4 is 69.1 Å². The minimum absolute atomic E-state index is 0.0662. The van der Waals surface area contributed by atoms with Crippen LogP contribution in [-0.2, 0) is 11.3 Å². The molecular weight excluding hydrogens is 455 g/mol. The quantitative estimate of drug-likeness (QED) is 0.368. The number of aryl methyl sites for hydroxylation is 2. The maximum Gasteiger partial charge on any atom is 0.267 e. The maximum absolute atomic E-state index is 13.2. The first-order valence-corrected chi connectivity index (χ1v) is 11.7. The van der Waals surface area contributed by atoms with Crippen LogP contribution in [-0.4, -0.2) is 16.0 Å². The Balaban J connectivity index is 1.73. The Bertz CT molecular complexity index is 1170. The molecule has 2 aromatic carbocycles. The van der Waals surface area contributed by atoms with Gasteiger partial charge in [0.05, 0.1) is 27.2 Å². The molecule has 1 aliphatic rings. The zero-order valence-electron chi connectivity index (χ0n) is 16.4. The molecule has 2 heterocycles. The maximum atomic E-state index is 13.2. The van der Waals surface area contributed by atoms with Gasteiger partial charge < -0.3 is 0 Å². The molecule has 0 saturated carbocycles. The molecule has 0 atom stereocenters. The Kier molecular flexibility index (Phi) is 6.34. The van der Waals surface area contributed by atoms with E-state index in [1.807, 2.05) is 55.6 Å². The zero-order valence-corrected chi connectivity index (χ0v) is 19.5. The molecule has 0 unspecified atom stereocenters. The van der Waals surface area contributed by atoms with E-state index in [9.17, 15) is 4.79 Å². The fourth-order valence-electron chi connectivity index (χ4n) is 2.99. The van der Waals surface area contributed by atoms with E-state index >= 15 is 0 Å². The number of benzene rings is 2. The summed E-state index contributed by atoms with van der Waals surface area (Å²) in [4.78, 5) is 21.5. The number of carbonyl (C=O) groups excluding carboxylic acids is 1. The predicted molar refractivity (Wildman–Crippen MR) is 130 cm³/mol. The van der Waals surface area contributed by atoms with Gasteiger partial charge in [0, 0.05) is 4.88 Å². The number of hydrogen-bond donors (Lipinski definition) is 0. The van der Waals surface area contributed by atoms with Gasteiger partial charge in [0.2, 0.25) is 0 Å². The van der Waals surface area contributed by atoms with E-state index in [0.717, 1.165) is 27.3 Å². The van der Waals surface area contributed by atoms with Crippen molar-refractivity contribution in [1.82, 2.24) is 4.90 Å². The van der Waals surface area contributed by atoms with Crippen molar-refractivity contribution < 1.29 is 4.79 Å². The van der Waals surface area contributed by atoms with Crippen molar-refractivity contribution in [2.45, 2.75) is 20.4 Å². The molecule has 1 aliphatic heterocycles. The van der Waals surface area contributed by atoms with Gasteiger partial charge in [-0.1, -0.05) is 47.5 Å². The Hall–Kier alpha value is -2.05. The first-order chi connectivity index (χ1) is 14.4. The van der Waals surface area contributed by atoms with Crippen LogP contribution in [0.5, 0.6) is 0 Å². The lowest BCUT2D eigenvalue weighted by atomic mass is 10.1. The topological polar surface area (TPSA) is 32.7 Å². The van der Waals surface area contributed by atoms with E-state index in [1.165, 1.54) is 11.8 Å². The lowest BCUT2D eigenvalue weighted by molar-refractivity contribution is -0.122. The van der Waals surface area contributed by atoms with Crippen LogP contribution in [0.3, 0.4) is 0 Å². The van der Waals surface area contributed by atoms with Gasteiger partial charge in [-0.25, -0.2) is 4.99 Å². The van der Waals surface area contributed by atoms with E-state index < -0.39 is 0 Å². The summed E-state index contributed by atoms with van der Waals surface area (Å²) in [6.45, 7) is 4.55. The first-order valence-electron chi connectivity index (χ1n) is 9.25. The van der Waals surface area contributed by atoms with Crippen LogP contribution < -0.4 is 0 Å². The second kappa shape index (κ2) is 8.98. The molecule has 4 rings (SSSR count). The van der Waals surface area contributed by atoms with E-state index in [1.54, 1.807) is 28.4 Å². The minimum atomic E-state index is -0.0662. The molecule has 1 aromatic heterocycles. The van der Waals surface area contributed by atoms with Crippen LogP contribution in [0.1, 0.15) is 21.6 Å². The number of hydrogen-bond acceptors (Lipinski definition) is 4. The third kappa shape index (κ3) is 4.65. The van der Waals surface area contributed by atoms with E-state index in [4.69, 9.17) is 28.2 Å². The van der Waals surface area contributed by atoms with Crippen LogP contribution in [0.15, 0.2) is 63.8 Å². The Morgan fingerprint density at radius 3 is 2.63 bits per heavy atom. The highest BCUT2D eigenvalue weighted by Gasteiger charge is 2.33. The largest absolute Gasteiger partial charge is 0.281 e. The third-order valence-electron chi connectivity index (χ3n) is 4.60. The summed E-state index contributed by atoms with van der Waals surface area (Å²) in [5.41, 5.74) is 3.89. The van der Waals surface area contributed by atoms with Crippen molar-refractivity contribution in [3.05, 3.63) is 90.4 Å². The van der Waals surface area contributed by atoms with Gasteiger partial charge in [0.15, 0.2) is 5.17 Å². The van der Waals surface area contributed by atoms with Crippen LogP contribution in [0.2, 0.25) is 10.0 Å². The predicted octanol–water partition coefficient (Wildman–Crippen LogP) is 7.48. The molecule has 0 spiro atoms. The molecule has 30 heavy (non-hydrogen) atoms. The van der Waals surface area contributed by atoms with Crippen molar-refractivity contribution in [2.75, 3.05) is 0 Å². The molecule has 1 fully saturated rings. The number of amides is 1. The lowest BCUT2D eigenvalue weighted by Gasteiger charge is -2.15. The van der Waals surface area contributed by atoms with Crippen LogP contribution in [0.25, 0.3) is 6.08 Å². The Labute approximate surface area is 194 Å². The van der Waals surface area contributed by atoms with Crippen LogP contribution >= 0.6 is 46.3 Å². The van der Waals surface area contributed by atoms with Gasteiger partial charge in [-0.3, -0.25) is 9.69 Å². The number of thiophene rings is 1. The highest BCUT2D eigenvalue weighted by molar-refractivity contribution is 8.18. The standard InChI is InChI=1S/C23H18Cl2N2OS2/c1-14-5-6-15(2)20(10-14)26-23-27(13-17-4-3-9-29-17)22(28)21(30-23)12-16-7-8-18(24)19(25)11-16/h3-12H,13H2,1-2H3. The fourth-order valence-corrected chi connectivity index (χ4v) is 4.98. The first kappa shape index (κ1) is 21.2. The molecule has 1 saturated heterocycles. The molecule has 0 bridgehead atoms. The third-order valence-corrected chi connectivity index (χ3v) is 7.21. The number of halogens is 2. The molecule has 7 heteroatoms. The number of amidine groups is 1. The molecular formula is C23H18Cl2N2OS2. The summed E-state index contributed by atoms with van der Waals surface area (Å²) >= 11 is 15.2. The van der Waals surface area contributed by atoms with Gasteiger partial charge in [-0.15, -0.1) is 11.3 Å². The highest BCUT2D eigenvalue weighted by Crippen LogP contribution is 2.37. The summed E-state index contributed by atoms with van der Waals surface area (Å²) in [5, 5.41) is 3.63. The SMILES string of the molecule is Cc1ccc(C)c(N=C2SC(=Cc3ccc(Cl)c(Cl)c3)C(=O)N2Cc2cccs2)c1. The molecule has 3 aromatic rings. The van der Waals surface area contributed by atoms with E-state index in [-0.39, 0.29) is 5.91 Å². The van der Waals surface area contributed by atoms with Crippen LogP contribution in [0, 0.1) is 13.8 Å². The Morgan fingerprint density at radius 2 is 1.90 bits per heavy atom. The molecule has 3 nitrogen and oxygen atoms in total. The van der Waals surface area contributed by atoms with Gasteiger partial charge >= 0.3 is 0 Å². The second-order valence-electron chi connectivity index (χ2n) is 6.94. The average molecular weight is 473 g/mol.